The summed E-state index contributed by atoms with van der Waals surface area (Å²) in [4.78, 5) is 8.83. The summed E-state index contributed by atoms with van der Waals surface area (Å²) in [7, 11) is -2.45. The van der Waals surface area contributed by atoms with E-state index in [4.69, 9.17) is 9.88 Å². The molecule has 0 spiro atoms. The molecule has 1 aromatic rings. The van der Waals surface area contributed by atoms with Gasteiger partial charge in [-0.05, 0) is 17.5 Å². The van der Waals surface area contributed by atoms with Crippen LogP contribution < -0.4 is 21.1 Å². The Hall–Kier alpha value is -2.13. The van der Waals surface area contributed by atoms with Gasteiger partial charge in [-0.2, -0.15) is 8.42 Å². The first kappa shape index (κ1) is 23.0. The van der Waals surface area contributed by atoms with E-state index < -0.39 is 40.8 Å². The molecule has 1 aromatic carbocycles. The van der Waals surface area contributed by atoms with E-state index in [1.165, 1.54) is 11.9 Å². The molecule has 1 unspecified atom stereocenters. The summed E-state index contributed by atoms with van der Waals surface area (Å²) in [6.45, 7) is -0.319. The van der Waals surface area contributed by atoms with Crippen molar-refractivity contribution in [2.24, 2.45) is 21.0 Å². The predicted octanol–water partition coefficient (Wildman–Crippen LogP) is -1.92. The number of guanidine groups is 1. The minimum Gasteiger partial charge on any atom is -0.390 e. The lowest BCUT2D eigenvalue weighted by atomic mass is 10.1. The maximum Gasteiger partial charge on any atom is 0.333 e. The number of nitrogens with two attached hydrogens (primary N) is 1. The highest BCUT2D eigenvalue weighted by Gasteiger charge is 2.42. The first-order chi connectivity index (χ1) is 15.2. The Morgan fingerprint density at radius 2 is 2.06 bits per heavy atom. The molecule has 7 atom stereocenters. The number of rotatable bonds is 7. The number of aliphatic hydroxyl groups excluding tert-OH is 2. The minimum atomic E-state index is -4.13. The van der Waals surface area contributed by atoms with Crippen molar-refractivity contribution in [3.63, 3.8) is 0 Å². The molecule has 32 heavy (non-hydrogen) atoms. The number of fused-ring (bicyclic) bond motifs is 1. The Bertz CT molecular complexity index is 988. The third kappa shape index (κ3) is 5.09. The molecular formula is C19H28N6O6S. The van der Waals surface area contributed by atoms with Crippen molar-refractivity contribution >= 4 is 22.6 Å². The van der Waals surface area contributed by atoms with E-state index in [2.05, 4.69) is 42.3 Å². The lowest BCUT2D eigenvalue weighted by Crippen LogP contribution is -2.51. The van der Waals surface area contributed by atoms with Crippen LogP contribution in [0, 0.1) is 5.92 Å². The second-order valence-corrected chi connectivity index (χ2v) is 9.32. The van der Waals surface area contributed by atoms with E-state index in [0.717, 1.165) is 12.0 Å². The highest BCUT2D eigenvalue weighted by Crippen LogP contribution is 2.33. The van der Waals surface area contributed by atoms with Gasteiger partial charge in [0, 0.05) is 19.4 Å². The number of ether oxygens (including phenoxy) is 1. The summed E-state index contributed by atoms with van der Waals surface area (Å²) in [5.41, 5.74) is 2.36. The van der Waals surface area contributed by atoms with Gasteiger partial charge in [0.05, 0.1) is 37.2 Å². The monoisotopic (exact) mass is 468 g/mol. The maximum absolute atomic E-state index is 11.0. The highest BCUT2D eigenvalue weighted by molar-refractivity contribution is 7.84. The van der Waals surface area contributed by atoms with Crippen molar-refractivity contribution in [1.29, 1.82) is 0 Å². The molecule has 1 saturated carbocycles. The minimum absolute atomic E-state index is 0.0459. The van der Waals surface area contributed by atoms with Crippen LogP contribution in [0.1, 0.15) is 23.6 Å². The van der Waals surface area contributed by atoms with Gasteiger partial charge in [0.25, 0.3) is 0 Å². The molecule has 0 amide bonds. The number of benzene rings is 1. The third-order valence-corrected chi connectivity index (χ3v) is 6.52. The van der Waals surface area contributed by atoms with Crippen LogP contribution in [0.3, 0.4) is 0 Å². The molecule has 2 aliphatic carbocycles. The molecule has 0 radical (unpaired) electrons. The fourth-order valence-corrected chi connectivity index (χ4v) is 4.81. The number of aliphatic hydroxyl groups is 2. The van der Waals surface area contributed by atoms with Gasteiger partial charge >= 0.3 is 10.3 Å². The normalized spacial score (nSPS) is 34.1. The standard InChI is InChI=1S/C19H28N6O6S/c1-30-14-7-10-4-2-3-5-12(10)15(14)24-19-22-9-21-18(25-19)23-13-6-11(16(26)17(13)27)8-31-32(20,28)29/h2-5,9,11,13-17,19,24,26-27H,6-8H2,1H3,(H2,20,28,29)(H2,21,22,23,25)/t11-,13-,14+,15-,16-,17+,19?/m1/s1. The fourth-order valence-electron chi connectivity index (χ4n) is 4.45. The number of hydrogen-bond donors (Lipinski definition) is 6. The molecule has 176 valence electrons. The van der Waals surface area contributed by atoms with E-state index in [1.807, 2.05) is 12.1 Å². The summed E-state index contributed by atoms with van der Waals surface area (Å²) in [5.74, 6) is -0.243. The molecule has 1 heterocycles. The Labute approximate surface area is 186 Å². The fraction of sp³-hybridized carbons (Fsp3) is 0.579. The number of nitrogens with one attached hydrogen (secondary N) is 3. The summed E-state index contributed by atoms with van der Waals surface area (Å²) >= 11 is 0. The van der Waals surface area contributed by atoms with Gasteiger partial charge in [-0.15, -0.1) is 0 Å². The molecule has 1 aliphatic heterocycles. The topological polar surface area (TPSA) is 180 Å². The summed E-state index contributed by atoms with van der Waals surface area (Å²) < 4.78 is 32.2. The SMILES string of the molecule is CO[C@H]1Cc2ccccc2[C@H]1NC1N=CNC(N[C@@H]2C[C@H](COS(N)(=O)=O)[C@@H](O)[C@H]2O)=N1. The molecule has 0 bridgehead atoms. The summed E-state index contributed by atoms with van der Waals surface area (Å²) in [5, 5.41) is 34.8. The number of aliphatic imine (C=N–C) groups is 2. The first-order valence-electron chi connectivity index (χ1n) is 10.3. The Morgan fingerprint density at radius 1 is 1.28 bits per heavy atom. The first-order valence-corrected chi connectivity index (χ1v) is 11.7. The average molecular weight is 469 g/mol. The van der Waals surface area contributed by atoms with E-state index in [1.54, 1.807) is 7.11 Å². The van der Waals surface area contributed by atoms with E-state index >= 15 is 0 Å². The zero-order chi connectivity index (χ0) is 22.9. The van der Waals surface area contributed by atoms with Crippen LogP contribution in [-0.4, -0.2) is 75.3 Å². The Morgan fingerprint density at radius 3 is 2.81 bits per heavy atom. The summed E-state index contributed by atoms with van der Waals surface area (Å²) in [6, 6.07) is 7.46. The van der Waals surface area contributed by atoms with Crippen LogP contribution in [0.5, 0.6) is 0 Å². The lowest BCUT2D eigenvalue weighted by molar-refractivity contribution is 0.00442. The Kier molecular flexibility index (Phi) is 6.76. The smallest absolute Gasteiger partial charge is 0.333 e. The van der Waals surface area contributed by atoms with Crippen LogP contribution in [0.15, 0.2) is 34.3 Å². The van der Waals surface area contributed by atoms with Crippen molar-refractivity contribution in [1.82, 2.24) is 16.0 Å². The second-order valence-electron chi connectivity index (χ2n) is 8.10. The van der Waals surface area contributed by atoms with Crippen molar-refractivity contribution in [2.75, 3.05) is 13.7 Å². The number of methoxy groups -OCH3 is 1. The number of nitrogens with zero attached hydrogens (tertiary/aromatic N) is 2. The van der Waals surface area contributed by atoms with Crippen LogP contribution in [0.25, 0.3) is 0 Å². The molecule has 0 aromatic heterocycles. The lowest BCUT2D eigenvalue weighted by Gasteiger charge is -2.27. The predicted molar refractivity (Wildman–Crippen MR) is 116 cm³/mol. The highest BCUT2D eigenvalue weighted by atomic mass is 32.2. The van der Waals surface area contributed by atoms with Crippen molar-refractivity contribution in [3.05, 3.63) is 35.4 Å². The molecule has 1 fully saturated rings. The van der Waals surface area contributed by atoms with E-state index in [0.29, 0.717) is 5.96 Å². The molecular weight excluding hydrogens is 440 g/mol. The van der Waals surface area contributed by atoms with Crippen molar-refractivity contribution < 1.29 is 27.6 Å². The molecule has 13 heteroatoms. The van der Waals surface area contributed by atoms with Gasteiger partial charge < -0.3 is 25.6 Å². The zero-order valence-electron chi connectivity index (χ0n) is 17.5. The molecule has 3 aliphatic rings. The van der Waals surface area contributed by atoms with Gasteiger partial charge in [0.15, 0.2) is 12.2 Å². The molecule has 4 rings (SSSR count). The quantitative estimate of drug-likeness (QED) is 0.266. The second kappa shape index (κ2) is 9.39. The zero-order valence-corrected chi connectivity index (χ0v) is 18.3. The van der Waals surface area contributed by atoms with E-state index in [9.17, 15) is 18.6 Å². The van der Waals surface area contributed by atoms with Gasteiger partial charge in [0.2, 0.25) is 0 Å². The molecule has 0 saturated heterocycles. The van der Waals surface area contributed by atoms with E-state index in [-0.39, 0.29) is 25.2 Å². The van der Waals surface area contributed by atoms with Crippen LogP contribution in [0.2, 0.25) is 0 Å². The average Bonchev–Trinajstić information content (AvgIpc) is 3.24. The maximum atomic E-state index is 11.0. The largest absolute Gasteiger partial charge is 0.390 e. The van der Waals surface area contributed by atoms with Gasteiger partial charge in [-0.1, -0.05) is 24.3 Å². The number of hydrogen-bond acceptors (Lipinski definition) is 11. The van der Waals surface area contributed by atoms with Gasteiger partial charge in [-0.25, -0.2) is 15.1 Å². The van der Waals surface area contributed by atoms with Crippen molar-refractivity contribution in [3.8, 4) is 0 Å². The molecule has 7 N–H and O–H groups in total. The van der Waals surface area contributed by atoms with Gasteiger partial charge in [0.1, 0.15) is 6.10 Å². The Balaban J connectivity index is 1.40. The molecule has 12 nitrogen and oxygen atoms in total. The van der Waals surface area contributed by atoms with Crippen LogP contribution >= 0.6 is 0 Å². The van der Waals surface area contributed by atoms with Gasteiger partial charge in [-0.3, -0.25) is 9.50 Å². The van der Waals surface area contributed by atoms with Crippen molar-refractivity contribution in [2.45, 2.75) is 49.5 Å². The van der Waals surface area contributed by atoms with Crippen LogP contribution in [0.4, 0.5) is 0 Å². The summed E-state index contributed by atoms with van der Waals surface area (Å²) in [6.07, 6.45) is -0.392. The van der Waals surface area contributed by atoms with Crippen LogP contribution in [-0.2, 0) is 25.6 Å². The third-order valence-electron chi connectivity index (χ3n) is 6.05.